The highest BCUT2D eigenvalue weighted by molar-refractivity contribution is 8.14. The van der Waals surface area contributed by atoms with E-state index in [1.807, 2.05) is 0 Å². The van der Waals surface area contributed by atoms with Crippen LogP contribution in [0.25, 0.3) is 5.57 Å². The van der Waals surface area contributed by atoms with Crippen LogP contribution in [0.4, 0.5) is 26.3 Å². The van der Waals surface area contributed by atoms with E-state index in [9.17, 15) is 43.2 Å². The Kier molecular flexibility index (Phi) is 6.01. The highest BCUT2D eigenvalue weighted by Gasteiger charge is 2.77. The molecular formula is C19H14F6O4S3. The Bertz CT molecular complexity index is 1220. The lowest BCUT2D eigenvalue weighted by molar-refractivity contribution is -0.0486. The molecule has 13 heteroatoms. The normalized spacial score (nSPS) is 17.2. The summed E-state index contributed by atoms with van der Waals surface area (Å²) in [7, 11) is -13.7. The minimum absolute atomic E-state index is 0.0749. The Hall–Kier alpha value is -1.99. The number of aryl methyl sites for hydroxylation is 1. The summed E-state index contributed by atoms with van der Waals surface area (Å²) in [6.45, 7) is 1.69. The van der Waals surface area contributed by atoms with E-state index in [1.165, 1.54) is 54.6 Å². The first-order valence-corrected chi connectivity index (χ1v) is 12.5. The average Bonchev–Trinajstić information content (AvgIpc) is 2.66. The van der Waals surface area contributed by atoms with Gasteiger partial charge in [-0.3, -0.25) is 0 Å². The molecule has 0 radical (unpaired) electrons. The van der Waals surface area contributed by atoms with Gasteiger partial charge in [-0.2, -0.15) is 26.3 Å². The second-order valence-electron chi connectivity index (χ2n) is 6.92. The van der Waals surface area contributed by atoms with Crippen molar-refractivity contribution in [3.8, 4) is 0 Å². The van der Waals surface area contributed by atoms with Gasteiger partial charge >= 0.3 is 11.0 Å². The highest BCUT2D eigenvalue weighted by atomic mass is 32.3. The molecule has 0 aliphatic heterocycles. The molecule has 3 rings (SSSR count). The molecule has 4 nitrogen and oxygen atoms in total. The highest BCUT2D eigenvalue weighted by Crippen LogP contribution is 2.63. The molecule has 0 aromatic heterocycles. The van der Waals surface area contributed by atoms with Crippen LogP contribution in [0, 0.1) is 6.92 Å². The van der Waals surface area contributed by atoms with E-state index in [1.54, 1.807) is 6.92 Å². The Labute approximate surface area is 184 Å². The van der Waals surface area contributed by atoms with Crippen molar-refractivity contribution in [1.29, 1.82) is 0 Å². The monoisotopic (exact) mass is 516 g/mol. The van der Waals surface area contributed by atoms with Crippen molar-refractivity contribution in [2.24, 2.45) is 0 Å². The van der Waals surface area contributed by atoms with Crippen molar-refractivity contribution >= 4 is 37.0 Å². The fraction of sp³-hybridized carbons (Fsp3) is 0.263. The van der Waals surface area contributed by atoms with Gasteiger partial charge in [-0.1, -0.05) is 59.8 Å². The number of thioether (sulfide) groups is 1. The molecule has 0 saturated carbocycles. The summed E-state index contributed by atoms with van der Waals surface area (Å²) in [5, 5.41) is 0. The number of halogens is 6. The zero-order valence-electron chi connectivity index (χ0n) is 16.0. The third kappa shape index (κ3) is 3.63. The minimum atomic E-state index is -6.85. The second kappa shape index (κ2) is 7.80. The van der Waals surface area contributed by atoms with E-state index >= 15 is 0 Å². The lowest BCUT2D eigenvalue weighted by Gasteiger charge is -2.44. The molecule has 0 atom stereocenters. The molecule has 1 aliphatic carbocycles. The summed E-state index contributed by atoms with van der Waals surface area (Å²) in [4.78, 5) is -0.965. The maximum Gasteiger partial charge on any atom is 0.499 e. The predicted molar refractivity (Wildman–Crippen MR) is 108 cm³/mol. The van der Waals surface area contributed by atoms with Crippen molar-refractivity contribution in [1.82, 2.24) is 0 Å². The fourth-order valence-corrected chi connectivity index (χ4v) is 9.05. The molecule has 0 fully saturated rings. The topological polar surface area (TPSA) is 68.3 Å². The molecule has 0 spiro atoms. The van der Waals surface area contributed by atoms with E-state index in [4.69, 9.17) is 0 Å². The quantitative estimate of drug-likeness (QED) is 0.494. The van der Waals surface area contributed by atoms with E-state index in [0.29, 0.717) is 0 Å². The number of alkyl halides is 6. The standard InChI is InChI=1S/C19H14F6O4S3/c1-12-7-9-13(10-8-12)15-11-17(31(26,27)18(20,21)22,32(28,29)19(23,24)25)16(15)30-14-5-3-2-4-6-14/h2-10H,11H2,1H3. The molecule has 0 saturated heterocycles. The lowest BCUT2D eigenvalue weighted by atomic mass is 9.90. The lowest BCUT2D eigenvalue weighted by Crippen LogP contribution is -2.60. The molecule has 0 unspecified atom stereocenters. The molecule has 0 bridgehead atoms. The molecular weight excluding hydrogens is 502 g/mol. The molecule has 0 heterocycles. The Balaban J connectivity index is 2.39. The molecule has 0 N–H and O–H groups in total. The molecule has 1 aliphatic rings. The van der Waals surface area contributed by atoms with Crippen LogP contribution in [0.2, 0.25) is 0 Å². The van der Waals surface area contributed by atoms with Gasteiger partial charge in [-0.05, 0) is 30.2 Å². The Morgan fingerprint density at radius 1 is 0.781 bits per heavy atom. The van der Waals surface area contributed by atoms with Gasteiger partial charge in [0.1, 0.15) is 0 Å². The second-order valence-corrected chi connectivity index (χ2v) is 12.6. The van der Waals surface area contributed by atoms with Crippen molar-refractivity contribution in [2.45, 2.75) is 33.3 Å². The van der Waals surface area contributed by atoms with E-state index in [-0.39, 0.29) is 27.8 Å². The van der Waals surface area contributed by atoms with Gasteiger partial charge in [0.05, 0.1) is 0 Å². The maximum atomic E-state index is 13.5. The van der Waals surface area contributed by atoms with Gasteiger partial charge in [0.15, 0.2) is 0 Å². The summed E-state index contributed by atoms with van der Waals surface area (Å²) in [6, 6.07) is 12.8. The molecule has 2 aromatic rings. The van der Waals surface area contributed by atoms with Gasteiger partial charge in [0, 0.05) is 16.2 Å². The minimum Gasteiger partial charge on any atom is -0.217 e. The van der Waals surface area contributed by atoms with Crippen LogP contribution in [-0.4, -0.2) is 31.9 Å². The zero-order chi connectivity index (χ0) is 24.2. The molecule has 32 heavy (non-hydrogen) atoms. The Morgan fingerprint density at radius 3 is 1.69 bits per heavy atom. The zero-order valence-corrected chi connectivity index (χ0v) is 18.5. The maximum absolute atomic E-state index is 13.5. The third-order valence-corrected chi connectivity index (χ3v) is 11.4. The number of hydrogen-bond acceptors (Lipinski definition) is 5. The van der Waals surface area contributed by atoms with Crippen LogP contribution >= 0.6 is 11.8 Å². The van der Waals surface area contributed by atoms with E-state index < -0.39 is 46.1 Å². The fourth-order valence-electron chi connectivity index (χ4n) is 3.20. The van der Waals surface area contributed by atoms with Crippen LogP contribution in [-0.2, 0) is 19.7 Å². The number of sulfone groups is 2. The van der Waals surface area contributed by atoms with Crippen LogP contribution < -0.4 is 0 Å². The first kappa shape index (κ1) is 24.6. The van der Waals surface area contributed by atoms with E-state index in [2.05, 4.69) is 0 Å². The predicted octanol–water partition coefficient (Wildman–Crippen LogP) is 5.47. The van der Waals surface area contributed by atoms with Gasteiger partial charge in [-0.15, -0.1) is 0 Å². The molecule has 174 valence electrons. The number of hydrogen-bond donors (Lipinski definition) is 0. The van der Waals surface area contributed by atoms with Crippen molar-refractivity contribution in [2.75, 3.05) is 0 Å². The summed E-state index contributed by atoms with van der Waals surface area (Å²) in [6.07, 6.45) is -1.49. The largest absolute Gasteiger partial charge is 0.499 e. The van der Waals surface area contributed by atoms with Gasteiger partial charge in [0.25, 0.3) is 19.7 Å². The van der Waals surface area contributed by atoms with Gasteiger partial charge < -0.3 is 0 Å². The first-order chi connectivity index (χ1) is 14.6. The summed E-state index contributed by atoms with van der Waals surface area (Å²) < 4.78 is 127. The number of benzene rings is 2. The van der Waals surface area contributed by atoms with Crippen LogP contribution in [0.3, 0.4) is 0 Å². The molecule has 0 amide bonds. The average molecular weight is 517 g/mol. The van der Waals surface area contributed by atoms with Crippen molar-refractivity contribution in [3.05, 3.63) is 70.6 Å². The third-order valence-electron chi connectivity index (χ3n) is 4.87. The Morgan fingerprint density at radius 2 is 1.25 bits per heavy atom. The van der Waals surface area contributed by atoms with Crippen molar-refractivity contribution < 1.29 is 43.2 Å². The van der Waals surface area contributed by atoms with Crippen LogP contribution in [0.5, 0.6) is 0 Å². The number of allylic oxidation sites excluding steroid dienone is 1. The van der Waals surface area contributed by atoms with Gasteiger partial charge in [-0.25, -0.2) is 16.8 Å². The number of rotatable bonds is 5. The summed E-state index contributed by atoms with van der Waals surface area (Å²) in [5.74, 6) is 0. The summed E-state index contributed by atoms with van der Waals surface area (Å²) >= 11 is 0.252. The van der Waals surface area contributed by atoms with Crippen LogP contribution in [0.15, 0.2) is 64.4 Å². The molecule has 2 aromatic carbocycles. The van der Waals surface area contributed by atoms with E-state index in [0.717, 1.165) is 5.56 Å². The SMILES string of the molecule is Cc1ccc(C2=C(Sc3ccccc3)C(S(=O)(=O)C(F)(F)F)(S(=O)(=O)C(F)(F)F)C2)cc1. The van der Waals surface area contributed by atoms with Crippen molar-refractivity contribution in [3.63, 3.8) is 0 Å². The smallest absolute Gasteiger partial charge is 0.217 e. The first-order valence-electron chi connectivity index (χ1n) is 8.71. The van der Waals surface area contributed by atoms with Gasteiger partial charge in [0.2, 0.25) is 4.08 Å². The van der Waals surface area contributed by atoms with Crippen LogP contribution in [0.1, 0.15) is 17.5 Å². The summed E-state index contributed by atoms with van der Waals surface area (Å²) in [5.41, 5.74) is -11.9.